The van der Waals surface area contributed by atoms with Gasteiger partial charge in [-0.2, -0.15) is 13.2 Å². The molecule has 0 saturated carbocycles. The molecule has 1 aliphatic heterocycles. The number of benzene rings is 2. The molecule has 0 aliphatic carbocycles. The molecule has 0 atom stereocenters. The molecular weight excluding hydrogens is 327 g/mol. The normalized spacial score (nSPS) is 16.0. The molecule has 0 spiro atoms. The van der Waals surface area contributed by atoms with Gasteiger partial charge in [0.2, 0.25) is 5.78 Å². The Hall–Kier alpha value is -2.82. The van der Waals surface area contributed by atoms with Crippen LogP contribution >= 0.6 is 0 Å². The van der Waals surface area contributed by atoms with Crippen molar-refractivity contribution in [2.24, 2.45) is 0 Å². The summed E-state index contributed by atoms with van der Waals surface area (Å²) in [5.74, 6) is -0.0615. The molecule has 0 fully saturated rings. The van der Waals surface area contributed by atoms with Crippen LogP contribution in [0.25, 0.3) is 17.0 Å². The van der Waals surface area contributed by atoms with Crippen molar-refractivity contribution in [3.63, 3.8) is 0 Å². The Bertz CT molecular complexity index is 1020. The van der Waals surface area contributed by atoms with Crippen LogP contribution in [0, 0.1) is 6.92 Å². The van der Waals surface area contributed by atoms with Crippen LogP contribution in [-0.2, 0) is 12.7 Å². The summed E-state index contributed by atoms with van der Waals surface area (Å²) in [6.07, 6.45) is -2.69. The first-order valence-corrected chi connectivity index (χ1v) is 7.86. The summed E-state index contributed by atoms with van der Waals surface area (Å²) in [6.45, 7) is 2.36. The summed E-state index contributed by atoms with van der Waals surface area (Å²) >= 11 is 0. The van der Waals surface area contributed by atoms with Crippen molar-refractivity contribution in [2.75, 3.05) is 0 Å². The standard InChI is InChI=1S/C20H14F3NO/c1-12-16-4-2-3-5-17(16)24-11-14(19(25)18(12)24)10-13-6-8-15(9-7-13)20(21,22)23/h2-10H,11H2,1H3/b14-10+. The molecule has 0 amide bonds. The highest BCUT2D eigenvalue weighted by Crippen LogP contribution is 2.34. The Morgan fingerprint density at radius 3 is 2.40 bits per heavy atom. The van der Waals surface area contributed by atoms with Gasteiger partial charge in [0.25, 0.3) is 0 Å². The van der Waals surface area contributed by atoms with Crippen molar-refractivity contribution >= 4 is 22.8 Å². The van der Waals surface area contributed by atoms with E-state index in [0.29, 0.717) is 23.4 Å². The zero-order valence-corrected chi connectivity index (χ0v) is 13.4. The van der Waals surface area contributed by atoms with E-state index >= 15 is 0 Å². The zero-order valence-electron chi connectivity index (χ0n) is 13.4. The van der Waals surface area contributed by atoms with E-state index in [0.717, 1.165) is 28.6 Å². The van der Waals surface area contributed by atoms with Crippen LogP contribution in [0.2, 0.25) is 0 Å². The number of rotatable bonds is 1. The minimum Gasteiger partial charge on any atom is -0.333 e. The maximum absolute atomic E-state index is 12.7. The summed E-state index contributed by atoms with van der Waals surface area (Å²) in [6, 6.07) is 12.7. The highest BCUT2D eigenvalue weighted by molar-refractivity contribution is 6.16. The van der Waals surface area contributed by atoms with Crippen LogP contribution in [0.15, 0.2) is 54.1 Å². The highest BCUT2D eigenvalue weighted by Gasteiger charge is 2.31. The average molecular weight is 341 g/mol. The maximum atomic E-state index is 12.7. The smallest absolute Gasteiger partial charge is 0.333 e. The fourth-order valence-electron chi connectivity index (χ4n) is 3.41. The molecule has 2 heterocycles. The number of aromatic nitrogens is 1. The van der Waals surface area contributed by atoms with Crippen LogP contribution in [0.5, 0.6) is 0 Å². The predicted octanol–water partition coefficient (Wildman–Crippen LogP) is 5.25. The molecular formula is C20H14F3NO. The summed E-state index contributed by atoms with van der Waals surface area (Å²) < 4.78 is 39.9. The van der Waals surface area contributed by atoms with E-state index in [2.05, 4.69) is 0 Å². The van der Waals surface area contributed by atoms with E-state index in [1.165, 1.54) is 12.1 Å². The number of hydrogen-bond donors (Lipinski definition) is 0. The van der Waals surface area contributed by atoms with Gasteiger partial charge in [0, 0.05) is 16.5 Å². The molecule has 3 aromatic rings. The first-order chi connectivity index (χ1) is 11.9. The third-order valence-electron chi connectivity index (χ3n) is 4.64. The number of alkyl halides is 3. The summed E-state index contributed by atoms with van der Waals surface area (Å²) in [5.41, 5.74) is 3.09. The second-order valence-electron chi connectivity index (χ2n) is 6.20. The molecule has 0 saturated heterocycles. The van der Waals surface area contributed by atoms with Gasteiger partial charge in [-0.3, -0.25) is 4.79 Å². The van der Waals surface area contributed by atoms with E-state index < -0.39 is 11.7 Å². The van der Waals surface area contributed by atoms with Crippen molar-refractivity contribution in [2.45, 2.75) is 19.6 Å². The molecule has 2 aromatic carbocycles. The Balaban J connectivity index is 1.72. The van der Waals surface area contributed by atoms with Gasteiger partial charge in [0.15, 0.2) is 0 Å². The SMILES string of the molecule is Cc1c2n(c3ccccc13)C/C(=C\c1ccc(C(F)(F)F)cc1)C2=O. The van der Waals surface area contributed by atoms with E-state index in [1.54, 1.807) is 6.08 Å². The molecule has 0 N–H and O–H groups in total. The monoisotopic (exact) mass is 341 g/mol. The second kappa shape index (κ2) is 5.34. The number of para-hydroxylation sites is 1. The van der Waals surface area contributed by atoms with Crippen molar-refractivity contribution < 1.29 is 18.0 Å². The van der Waals surface area contributed by atoms with Crippen LogP contribution in [0.1, 0.15) is 27.2 Å². The number of hydrogen-bond acceptors (Lipinski definition) is 1. The lowest BCUT2D eigenvalue weighted by Crippen LogP contribution is -2.04. The van der Waals surface area contributed by atoms with E-state index in [9.17, 15) is 18.0 Å². The largest absolute Gasteiger partial charge is 0.416 e. The Morgan fingerprint density at radius 1 is 1.04 bits per heavy atom. The lowest BCUT2D eigenvalue weighted by atomic mass is 10.0. The fraction of sp³-hybridized carbons (Fsp3) is 0.150. The van der Waals surface area contributed by atoms with E-state index in [-0.39, 0.29) is 5.78 Å². The Kier molecular flexibility index (Phi) is 3.35. The summed E-state index contributed by atoms with van der Waals surface area (Å²) in [4.78, 5) is 12.7. The van der Waals surface area contributed by atoms with Gasteiger partial charge in [-0.15, -0.1) is 0 Å². The van der Waals surface area contributed by atoms with Crippen LogP contribution < -0.4 is 0 Å². The molecule has 4 rings (SSSR count). The van der Waals surface area contributed by atoms with Gasteiger partial charge < -0.3 is 4.57 Å². The molecule has 0 bridgehead atoms. The molecule has 1 aliphatic rings. The topological polar surface area (TPSA) is 22.0 Å². The Labute approximate surface area is 142 Å². The summed E-state index contributed by atoms with van der Waals surface area (Å²) in [7, 11) is 0. The average Bonchev–Trinajstić information content (AvgIpc) is 3.04. The third-order valence-corrected chi connectivity index (χ3v) is 4.64. The lowest BCUT2D eigenvalue weighted by Gasteiger charge is -2.06. The molecule has 5 heteroatoms. The van der Waals surface area contributed by atoms with Gasteiger partial charge in [0.05, 0.1) is 17.8 Å². The first kappa shape index (κ1) is 15.7. The highest BCUT2D eigenvalue weighted by atomic mass is 19.4. The number of allylic oxidation sites excluding steroid dienone is 1. The number of nitrogens with zero attached hydrogens (tertiary/aromatic N) is 1. The van der Waals surface area contributed by atoms with Crippen LogP contribution in [-0.4, -0.2) is 10.4 Å². The van der Waals surface area contributed by atoms with Crippen molar-refractivity contribution in [1.82, 2.24) is 4.57 Å². The van der Waals surface area contributed by atoms with Crippen molar-refractivity contribution in [3.05, 3.63) is 76.5 Å². The maximum Gasteiger partial charge on any atom is 0.416 e. The van der Waals surface area contributed by atoms with E-state index in [1.807, 2.05) is 35.8 Å². The second-order valence-corrected chi connectivity index (χ2v) is 6.20. The van der Waals surface area contributed by atoms with Crippen molar-refractivity contribution in [3.8, 4) is 0 Å². The number of carbonyl (C=O) groups is 1. The Morgan fingerprint density at radius 2 is 1.72 bits per heavy atom. The number of halogens is 3. The molecule has 126 valence electrons. The van der Waals surface area contributed by atoms with Crippen LogP contribution in [0.3, 0.4) is 0 Å². The molecule has 2 nitrogen and oxygen atoms in total. The molecule has 25 heavy (non-hydrogen) atoms. The summed E-state index contributed by atoms with van der Waals surface area (Å²) in [5, 5.41) is 1.06. The van der Waals surface area contributed by atoms with Gasteiger partial charge in [0.1, 0.15) is 0 Å². The quantitative estimate of drug-likeness (QED) is 0.554. The molecule has 1 aromatic heterocycles. The van der Waals surface area contributed by atoms with Gasteiger partial charge in [-0.25, -0.2) is 0 Å². The zero-order chi connectivity index (χ0) is 17.8. The molecule has 0 unspecified atom stereocenters. The number of ketones is 1. The first-order valence-electron chi connectivity index (χ1n) is 7.86. The predicted molar refractivity (Wildman–Crippen MR) is 90.4 cm³/mol. The van der Waals surface area contributed by atoms with Gasteiger partial charge in [-0.1, -0.05) is 30.3 Å². The third kappa shape index (κ3) is 2.47. The number of aryl methyl sites for hydroxylation is 1. The van der Waals surface area contributed by atoms with E-state index in [4.69, 9.17) is 0 Å². The van der Waals surface area contributed by atoms with Gasteiger partial charge in [-0.05, 0) is 42.3 Å². The molecule has 0 radical (unpaired) electrons. The van der Waals surface area contributed by atoms with Crippen molar-refractivity contribution in [1.29, 1.82) is 0 Å². The number of fused-ring (bicyclic) bond motifs is 3. The number of carbonyl (C=O) groups excluding carboxylic acids is 1. The lowest BCUT2D eigenvalue weighted by molar-refractivity contribution is -0.137. The number of Topliss-reactive ketones (excluding diaryl/α,β-unsaturated/α-hetero) is 1. The minimum atomic E-state index is -4.36. The minimum absolute atomic E-state index is 0.0615. The van der Waals surface area contributed by atoms with Crippen LogP contribution in [0.4, 0.5) is 13.2 Å². The fourth-order valence-corrected chi connectivity index (χ4v) is 3.41. The van der Waals surface area contributed by atoms with Gasteiger partial charge >= 0.3 is 6.18 Å².